The summed E-state index contributed by atoms with van der Waals surface area (Å²) in [6.45, 7) is 8.37. The molecular formula is C20H29F3N5Na. The van der Waals surface area contributed by atoms with E-state index >= 15 is 0 Å². The number of piperidine rings is 1. The van der Waals surface area contributed by atoms with E-state index < -0.39 is 17.4 Å². The molecule has 0 radical (unpaired) electrons. The smallest absolute Gasteiger partial charge is 0.397 e. The number of nitrogens with two attached hydrogens (primary N) is 2. The van der Waals surface area contributed by atoms with Crippen LogP contribution in [0.1, 0.15) is 44.2 Å². The number of halogens is 3. The summed E-state index contributed by atoms with van der Waals surface area (Å²) in [6.07, 6.45) is 2.26. The summed E-state index contributed by atoms with van der Waals surface area (Å²) >= 11 is 0. The molecule has 2 aromatic rings. The molecule has 1 aromatic carbocycles. The van der Waals surface area contributed by atoms with Gasteiger partial charge in [-0.05, 0) is 39.0 Å². The fraction of sp³-hybridized carbons (Fsp3) is 0.500. The standard InChI is InChI=1S/C12H10F3N4.C6H13N.C2H6.Na/c1-6-4-5-18-19-11(6)7-2-3-8(12(13,14)15)10(17)9(7)16;1-7-5-3-2-4-6-7;1-2;/h2-4H,16-17H2,1H3;2-6H2,1H3;1-2H3;/q-1;;;+1. The number of aromatic nitrogens is 2. The van der Waals surface area contributed by atoms with Gasteiger partial charge < -0.3 is 16.4 Å². The van der Waals surface area contributed by atoms with Gasteiger partial charge in [0.2, 0.25) is 0 Å². The van der Waals surface area contributed by atoms with Crippen LogP contribution in [-0.4, -0.2) is 35.2 Å². The third kappa shape index (κ3) is 8.12. The molecule has 1 fully saturated rings. The van der Waals surface area contributed by atoms with Crippen LogP contribution >= 0.6 is 0 Å². The van der Waals surface area contributed by atoms with Gasteiger partial charge in [0, 0.05) is 11.3 Å². The van der Waals surface area contributed by atoms with Gasteiger partial charge in [-0.25, -0.2) is 6.07 Å². The van der Waals surface area contributed by atoms with Gasteiger partial charge in [-0.3, -0.25) is 5.10 Å². The molecule has 1 aliphatic heterocycles. The molecule has 4 N–H and O–H groups in total. The van der Waals surface area contributed by atoms with Crippen LogP contribution in [0.2, 0.25) is 0 Å². The first-order valence-corrected chi connectivity index (χ1v) is 9.36. The molecule has 0 atom stereocenters. The number of rotatable bonds is 1. The second-order valence-electron chi connectivity index (χ2n) is 6.35. The van der Waals surface area contributed by atoms with Crippen LogP contribution < -0.4 is 41.0 Å². The van der Waals surface area contributed by atoms with Gasteiger partial charge in [0.1, 0.15) is 0 Å². The summed E-state index contributed by atoms with van der Waals surface area (Å²) in [5.41, 5.74) is 10.9. The molecule has 3 rings (SSSR count). The Kier molecular flexibility index (Phi) is 12.4. The van der Waals surface area contributed by atoms with E-state index in [-0.39, 0.29) is 35.2 Å². The van der Waals surface area contributed by atoms with E-state index in [0.717, 1.165) is 6.07 Å². The molecule has 29 heavy (non-hydrogen) atoms. The van der Waals surface area contributed by atoms with E-state index in [1.807, 2.05) is 13.8 Å². The van der Waals surface area contributed by atoms with E-state index in [9.17, 15) is 13.2 Å². The molecule has 1 saturated heterocycles. The minimum Gasteiger partial charge on any atom is -0.397 e. The molecule has 1 aromatic heterocycles. The van der Waals surface area contributed by atoms with E-state index in [1.165, 1.54) is 38.4 Å². The van der Waals surface area contributed by atoms with E-state index in [1.54, 1.807) is 13.0 Å². The van der Waals surface area contributed by atoms with Gasteiger partial charge >= 0.3 is 35.7 Å². The fourth-order valence-corrected chi connectivity index (χ4v) is 2.76. The minimum atomic E-state index is -4.54. The van der Waals surface area contributed by atoms with Crippen molar-refractivity contribution in [3.63, 3.8) is 0 Å². The van der Waals surface area contributed by atoms with Crippen molar-refractivity contribution in [3.8, 4) is 11.3 Å². The maximum atomic E-state index is 12.7. The van der Waals surface area contributed by atoms with Crippen LogP contribution in [0.4, 0.5) is 24.5 Å². The number of hydrogen-bond acceptors (Lipinski definition) is 5. The Morgan fingerprint density at radius 3 is 2.07 bits per heavy atom. The number of aryl methyl sites for hydroxylation is 1. The Labute approximate surface area is 193 Å². The van der Waals surface area contributed by atoms with Crippen LogP contribution in [0.15, 0.2) is 18.2 Å². The third-order valence-electron chi connectivity index (χ3n) is 4.29. The fourth-order valence-electron chi connectivity index (χ4n) is 2.76. The average molecular weight is 419 g/mol. The first-order chi connectivity index (χ1) is 13.2. The Morgan fingerprint density at radius 2 is 1.62 bits per heavy atom. The van der Waals surface area contributed by atoms with Crippen LogP contribution in [0.5, 0.6) is 0 Å². The Hall–Kier alpha value is -1.35. The Balaban J connectivity index is 0.000000659. The van der Waals surface area contributed by atoms with Crippen molar-refractivity contribution in [1.29, 1.82) is 0 Å². The summed E-state index contributed by atoms with van der Waals surface area (Å²) < 4.78 is 38.0. The number of hydrogen-bond donors (Lipinski definition) is 2. The van der Waals surface area contributed by atoms with Gasteiger partial charge in [0.05, 0.1) is 16.9 Å². The molecule has 0 unspecified atom stereocenters. The minimum absolute atomic E-state index is 0. The van der Waals surface area contributed by atoms with Crippen molar-refractivity contribution in [2.24, 2.45) is 0 Å². The average Bonchev–Trinajstić information content (AvgIpc) is 2.66. The molecular weight excluding hydrogens is 390 g/mol. The Morgan fingerprint density at radius 1 is 1.03 bits per heavy atom. The zero-order valence-corrected chi connectivity index (χ0v) is 19.9. The van der Waals surface area contributed by atoms with Gasteiger partial charge in [0.15, 0.2) is 0 Å². The maximum Gasteiger partial charge on any atom is 1.00 e. The van der Waals surface area contributed by atoms with Crippen molar-refractivity contribution in [1.82, 2.24) is 15.1 Å². The predicted octanol–water partition coefficient (Wildman–Crippen LogP) is 1.57. The SMILES string of the molecule is CC.CN1CCCCC1.Cc1c[c-]nnc1-c1ccc(C(F)(F)F)c(N)c1N.[Na+]. The number of alkyl halides is 3. The van der Waals surface area contributed by atoms with Crippen LogP contribution in [0.3, 0.4) is 0 Å². The molecule has 5 nitrogen and oxygen atoms in total. The van der Waals surface area contributed by atoms with Crippen molar-refractivity contribution in [3.05, 3.63) is 35.5 Å². The third-order valence-corrected chi connectivity index (χ3v) is 4.29. The van der Waals surface area contributed by atoms with E-state index in [0.29, 0.717) is 16.8 Å². The first-order valence-electron chi connectivity index (χ1n) is 9.36. The van der Waals surface area contributed by atoms with E-state index in [2.05, 4.69) is 28.3 Å². The monoisotopic (exact) mass is 419 g/mol. The number of benzene rings is 1. The molecule has 0 spiro atoms. The predicted molar refractivity (Wildman–Crippen MR) is 108 cm³/mol. The summed E-state index contributed by atoms with van der Waals surface area (Å²) in [4.78, 5) is 2.39. The molecule has 0 amide bonds. The molecule has 0 aliphatic carbocycles. The van der Waals surface area contributed by atoms with Crippen molar-refractivity contribution >= 4 is 11.4 Å². The zero-order valence-electron chi connectivity index (χ0n) is 17.9. The summed E-state index contributed by atoms with van der Waals surface area (Å²) in [6, 6.07) is 3.69. The number of likely N-dealkylation sites (tertiary alicyclic amines) is 1. The van der Waals surface area contributed by atoms with Gasteiger partial charge in [-0.15, -0.1) is 13.1 Å². The number of nitrogen functional groups attached to an aromatic ring is 2. The van der Waals surface area contributed by atoms with Crippen molar-refractivity contribution in [2.75, 3.05) is 31.6 Å². The van der Waals surface area contributed by atoms with Gasteiger partial charge in [0.25, 0.3) is 0 Å². The quantitative estimate of drug-likeness (QED) is 0.417. The molecule has 0 bridgehead atoms. The molecule has 1 aliphatic rings. The summed E-state index contributed by atoms with van der Waals surface area (Å²) in [7, 11) is 2.19. The second kappa shape index (κ2) is 13.1. The van der Waals surface area contributed by atoms with Crippen LogP contribution in [-0.2, 0) is 6.18 Å². The Bertz CT molecular complexity index is 747. The number of anilines is 2. The maximum absolute atomic E-state index is 12.7. The van der Waals surface area contributed by atoms with E-state index in [4.69, 9.17) is 11.5 Å². The molecule has 9 heteroatoms. The van der Waals surface area contributed by atoms with Crippen molar-refractivity contribution < 1.29 is 42.7 Å². The van der Waals surface area contributed by atoms with Crippen molar-refractivity contribution in [2.45, 2.75) is 46.2 Å². The normalized spacial score (nSPS) is 13.9. The van der Waals surface area contributed by atoms with Gasteiger partial charge in [-0.1, -0.05) is 26.3 Å². The van der Waals surface area contributed by atoms with Crippen LogP contribution in [0.25, 0.3) is 11.3 Å². The molecule has 2 heterocycles. The summed E-state index contributed by atoms with van der Waals surface area (Å²) in [5.74, 6) is 0. The molecule has 0 saturated carbocycles. The topological polar surface area (TPSA) is 81.1 Å². The zero-order chi connectivity index (χ0) is 21.3. The second-order valence-corrected chi connectivity index (χ2v) is 6.35. The molecule has 156 valence electrons. The first kappa shape index (κ1) is 27.6. The largest absolute Gasteiger partial charge is 1.00 e. The van der Waals surface area contributed by atoms with Gasteiger partial charge in [-0.2, -0.15) is 23.8 Å². The van der Waals surface area contributed by atoms with Crippen LogP contribution in [0, 0.1) is 13.1 Å². The summed E-state index contributed by atoms with van der Waals surface area (Å²) in [5, 5.41) is 7.39. The number of nitrogens with zero attached hydrogens (tertiary/aromatic N) is 3.